The van der Waals surface area contributed by atoms with Gasteiger partial charge in [0, 0.05) is 24.5 Å². The first-order chi connectivity index (χ1) is 13.1. The van der Waals surface area contributed by atoms with Crippen molar-refractivity contribution in [2.45, 2.75) is 32.6 Å². The van der Waals surface area contributed by atoms with Crippen LogP contribution in [0.1, 0.15) is 41.9 Å². The molecule has 3 aromatic rings. The molecular formula is C19H21N5O3. The Labute approximate surface area is 156 Å². The fraction of sp³-hybridized carbons (Fsp3) is 0.316. The highest BCUT2D eigenvalue weighted by molar-refractivity contribution is 5.93. The van der Waals surface area contributed by atoms with E-state index in [0.29, 0.717) is 18.7 Å². The molecule has 2 N–H and O–H groups in total. The summed E-state index contributed by atoms with van der Waals surface area (Å²) in [4.78, 5) is 27.2. The summed E-state index contributed by atoms with van der Waals surface area (Å²) in [7, 11) is 0. The van der Waals surface area contributed by atoms with Crippen LogP contribution in [0.5, 0.6) is 0 Å². The number of aromatic nitrogens is 4. The Morgan fingerprint density at radius 2 is 2.00 bits per heavy atom. The number of benzene rings is 1. The molecule has 0 spiro atoms. The smallest absolute Gasteiger partial charge is 0.303 e. The van der Waals surface area contributed by atoms with Gasteiger partial charge in [-0.05, 0) is 44.0 Å². The number of amides is 1. The largest absolute Gasteiger partial charge is 0.481 e. The van der Waals surface area contributed by atoms with Gasteiger partial charge in [0.05, 0.1) is 16.9 Å². The summed E-state index contributed by atoms with van der Waals surface area (Å²) in [6, 6.07) is 9.54. The predicted molar refractivity (Wildman–Crippen MR) is 99.8 cm³/mol. The van der Waals surface area contributed by atoms with Gasteiger partial charge in [0.2, 0.25) is 0 Å². The predicted octanol–water partition coefficient (Wildman–Crippen LogP) is 2.50. The van der Waals surface area contributed by atoms with Crippen LogP contribution in [0.2, 0.25) is 0 Å². The second-order valence-corrected chi connectivity index (χ2v) is 6.24. The third kappa shape index (κ3) is 4.28. The number of carboxylic acid groups (broad SMARTS) is 1. The maximum Gasteiger partial charge on any atom is 0.303 e. The third-order valence-electron chi connectivity index (χ3n) is 4.31. The van der Waals surface area contributed by atoms with Crippen LogP contribution in [-0.2, 0) is 4.79 Å². The van der Waals surface area contributed by atoms with Gasteiger partial charge in [0.25, 0.3) is 5.91 Å². The molecule has 2 aromatic heterocycles. The molecule has 3 rings (SSSR count). The molecule has 27 heavy (non-hydrogen) atoms. The number of fused-ring (bicyclic) bond motifs is 1. The summed E-state index contributed by atoms with van der Waals surface area (Å²) >= 11 is 0. The highest BCUT2D eigenvalue weighted by atomic mass is 16.4. The molecule has 0 unspecified atom stereocenters. The second-order valence-electron chi connectivity index (χ2n) is 6.24. The number of nitrogens with one attached hydrogen (secondary N) is 1. The second kappa shape index (κ2) is 8.39. The van der Waals surface area contributed by atoms with Gasteiger partial charge in [0.1, 0.15) is 0 Å². The molecule has 0 saturated heterocycles. The van der Waals surface area contributed by atoms with Gasteiger partial charge in [-0.25, -0.2) is 4.68 Å². The first kappa shape index (κ1) is 18.5. The molecule has 8 nitrogen and oxygen atoms in total. The van der Waals surface area contributed by atoms with E-state index < -0.39 is 5.97 Å². The fourth-order valence-corrected chi connectivity index (χ4v) is 2.90. The summed E-state index contributed by atoms with van der Waals surface area (Å²) < 4.78 is 1.64. The van der Waals surface area contributed by atoms with E-state index >= 15 is 0 Å². The van der Waals surface area contributed by atoms with E-state index in [2.05, 4.69) is 20.6 Å². The van der Waals surface area contributed by atoms with Crippen LogP contribution in [0.15, 0.2) is 36.5 Å². The summed E-state index contributed by atoms with van der Waals surface area (Å²) in [6.45, 7) is 2.28. The highest BCUT2D eigenvalue weighted by Gasteiger charge is 2.18. The normalized spacial score (nSPS) is 10.9. The van der Waals surface area contributed by atoms with Gasteiger partial charge in [-0.3, -0.25) is 14.6 Å². The zero-order valence-corrected chi connectivity index (χ0v) is 15.1. The lowest BCUT2D eigenvalue weighted by Crippen LogP contribution is -2.25. The maximum atomic E-state index is 12.4. The van der Waals surface area contributed by atoms with Crippen LogP contribution in [0.4, 0.5) is 0 Å². The lowest BCUT2D eigenvalue weighted by molar-refractivity contribution is -0.137. The van der Waals surface area contributed by atoms with Crippen LogP contribution >= 0.6 is 0 Å². The minimum absolute atomic E-state index is 0.154. The average Bonchev–Trinajstić information content (AvgIpc) is 3.05. The third-order valence-corrected chi connectivity index (χ3v) is 4.31. The summed E-state index contributed by atoms with van der Waals surface area (Å²) in [6.07, 6.45) is 3.97. The fourth-order valence-electron chi connectivity index (χ4n) is 2.90. The number of carbonyl (C=O) groups is 2. The number of rotatable bonds is 8. The topological polar surface area (TPSA) is 110 Å². The summed E-state index contributed by atoms with van der Waals surface area (Å²) in [5.74, 6) is -1.08. The lowest BCUT2D eigenvalue weighted by Gasteiger charge is -2.07. The Morgan fingerprint density at radius 3 is 2.81 bits per heavy atom. The van der Waals surface area contributed by atoms with Gasteiger partial charge >= 0.3 is 5.97 Å². The van der Waals surface area contributed by atoms with E-state index in [1.165, 1.54) is 0 Å². The molecule has 8 heteroatoms. The zero-order chi connectivity index (χ0) is 19.2. The molecule has 0 aliphatic carbocycles. The lowest BCUT2D eigenvalue weighted by atomic mass is 10.1. The van der Waals surface area contributed by atoms with Crippen LogP contribution < -0.4 is 5.32 Å². The van der Waals surface area contributed by atoms with E-state index in [1.54, 1.807) is 17.8 Å². The van der Waals surface area contributed by atoms with Crippen LogP contribution in [0.25, 0.3) is 16.6 Å². The Morgan fingerprint density at radius 1 is 1.15 bits per heavy atom. The van der Waals surface area contributed by atoms with Gasteiger partial charge in [0.15, 0.2) is 5.69 Å². The van der Waals surface area contributed by atoms with Gasteiger partial charge < -0.3 is 10.4 Å². The van der Waals surface area contributed by atoms with Crippen molar-refractivity contribution in [2.75, 3.05) is 6.54 Å². The van der Waals surface area contributed by atoms with Crippen molar-refractivity contribution in [1.82, 2.24) is 25.3 Å². The van der Waals surface area contributed by atoms with Crippen molar-refractivity contribution >= 4 is 22.8 Å². The number of hydrogen-bond donors (Lipinski definition) is 2. The van der Waals surface area contributed by atoms with Crippen molar-refractivity contribution in [3.63, 3.8) is 0 Å². The number of hydrogen-bond acceptors (Lipinski definition) is 5. The van der Waals surface area contributed by atoms with E-state index in [1.807, 2.05) is 30.3 Å². The molecule has 140 valence electrons. The number of aliphatic carboxylic acids is 1. The molecule has 0 fully saturated rings. The molecule has 1 amide bonds. The van der Waals surface area contributed by atoms with Gasteiger partial charge in [-0.15, -0.1) is 5.10 Å². The first-order valence-corrected chi connectivity index (χ1v) is 8.84. The monoisotopic (exact) mass is 367 g/mol. The molecular weight excluding hydrogens is 346 g/mol. The molecule has 2 heterocycles. The first-order valence-electron chi connectivity index (χ1n) is 8.84. The summed E-state index contributed by atoms with van der Waals surface area (Å²) in [5, 5.41) is 20.5. The molecule has 1 aromatic carbocycles. The van der Waals surface area contributed by atoms with E-state index in [0.717, 1.165) is 29.4 Å². The van der Waals surface area contributed by atoms with Crippen molar-refractivity contribution in [2.24, 2.45) is 0 Å². The van der Waals surface area contributed by atoms with Crippen LogP contribution in [-0.4, -0.2) is 43.5 Å². The minimum Gasteiger partial charge on any atom is -0.481 e. The Kier molecular flexibility index (Phi) is 5.75. The Hall–Kier alpha value is -3.29. The molecule has 0 saturated carbocycles. The van der Waals surface area contributed by atoms with Crippen LogP contribution in [0.3, 0.4) is 0 Å². The minimum atomic E-state index is -0.796. The van der Waals surface area contributed by atoms with Gasteiger partial charge in [-0.1, -0.05) is 17.7 Å². The van der Waals surface area contributed by atoms with Crippen molar-refractivity contribution in [1.29, 1.82) is 0 Å². The Balaban J connectivity index is 1.68. The Bertz CT molecular complexity index is 962. The highest BCUT2D eigenvalue weighted by Crippen LogP contribution is 2.21. The molecule has 0 bridgehead atoms. The van der Waals surface area contributed by atoms with E-state index in [9.17, 15) is 9.59 Å². The van der Waals surface area contributed by atoms with Crippen molar-refractivity contribution in [3.05, 3.63) is 47.9 Å². The van der Waals surface area contributed by atoms with Crippen molar-refractivity contribution < 1.29 is 14.7 Å². The average molecular weight is 367 g/mol. The van der Waals surface area contributed by atoms with Gasteiger partial charge in [-0.2, -0.15) is 0 Å². The SMILES string of the molecule is Cc1c(C(=O)NCCCCCC(=O)O)nnn1-c1cccc2ncccc12. The van der Waals surface area contributed by atoms with Crippen LogP contribution in [0, 0.1) is 6.92 Å². The molecule has 0 aliphatic rings. The number of carboxylic acids is 1. The molecule has 0 radical (unpaired) electrons. The van der Waals surface area contributed by atoms with E-state index in [-0.39, 0.29) is 18.0 Å². The molecule has 0 atom stereocenters. The van der Waals surface area contributed by atoms with Crippen molar-refractivity contribution in [3.8, 4) is 5.69 Å². The number of pyridine rings is 1. The standard InChI is InChI=1S/C19H21N5O3/c1-13-18(19(27)21-11-4-2-3-10-17(25)26)22-23-24(13)16-9-5-8-15-14(16)7-6-12-20-15/h5-9,12H,2-4,10-11H2,1H3,(H,21,27)(H,25,26). The number of unbranched alkanes of at least 4 members (excludes halogenated alkanes) is 2. The maximum absolute atomic E-state index is 12.4. The quantitative estimate of drug-likeness (QED) is 0.592. The summed E-state index contributed by atoms with van der Waals surface area (Å²) in [5.41, 5.74) is 2.59. The number of carbonyl (C=O) groups excluding carboxylic acids is 1. The molecule has 0 aliphatic heterocycles. The van der Waals surface area contributed by atoms with E-state index in [4.69, 9.17) is 5.11 Å². The zero-order valence-electron chi connectivity index (χ0n) is 15.1. The number of nitrogens with zero attached hydrogens (tertiary/aromatic N) is 4.